The van der Waals surface area contributed by atoms with Crippen LogP contribution in [0.25, 0.3) is 65.1 Å². The van der Waals surface area contributed by atoms with Crippen molar-refractivity contribution in [2.75, 3.05) is 0 Å². The van der Waals surface area contributed by atoms with E-state index in [-0.39, 0.29) is 0 Å². The van der Waals surface area contributed by atoms with Crippen molar-refractivity contribution in [2.24, 2.45) is 4.99 Å². The fourth-order valence-electron chi connectivity index (χ4n) is 7.00. The molecule has 0 unspecified atom stereocenters. The number of furan rings is 1. The Kier molecular flexibility index (Phi) is 6.99. The molecule has 2 aromatic heterocycles. The lowest BCUT2D eigenvalue weighted by Gasteiger charge is -2.11. The molecule has 0 bridgehead atoms. The van der Waals surface area contributed by atoms with E-state index in [4.69, 9.17) is 9.41 Å². The fraction of sp³-hybridized carbons (Fsp3) is 0.0444. The lowest BCUT2D eigenvalue weighted by Crippen LogP contribution is -1.96. The van der Waals surface area contributed by atoms with Gasteiger partial charge in [0.05, 0.1) is 5.69 Å². The average Bonchev–Trinajstić information content (AvgIpc) is 3.70. The van der Waals surface area contributed by atoms with Gasteiger partial charge in [0.1, 0.15) is 11.2 Å². The summed E-state index contributed by atoms with van der Waals surface area (Å²) in [5.41, 5.74) is 10.7. The molecule has 228 valence electrons. The van der Waals surface area contributed by atoms with Gasteiger partial charge in [-0.15, -0.1) is 11.3 Å². The summed E-state index contributed by atoms with van der Waals surface area (Å²) in [6.07, 6.45) is 0.842. The SMILES string of the molecule is CC(=Nc1c(Cc2ccccc2)sc2ccccc12)c1ccc(-c2cccc(-c3ccccc3)c2)c2c1oc1ccc3ccccc3c12. The van der Waals surface area contributed by atoms with Crippen LogP contribution in [0.1, 0.15) is 22.9 Å². The first-order chi connectivity index (χ1) is 23.7. The zero-order chi connectivity index (χ0) is 32.0. The van der Waals surface area contributed by atoms with Gasteiger partial charge in [0.25, 0.3) is 0 Å². The molecule has 9 rings (SSSR count). The lowest BCUT2D eigenvalue weighted by molar-refractivity contribution is 0.668. The van der Waals surface area contributed by atoms with E-state index >= 15 is 0 Å². The largest absolute Gasteiger partial charge is 0.455 e. The molecule has 0 aliphatic rings. The van der Waals surface area contributed by atoms with Crippen molar-refractivity contribution in [2.45, 2.75) is 13.3 Å². The maximum Gasteiger partial charge on any atom is 0.145 e. The highest BCUT2D eigenvalue weighted by atomic mass is 32.1. The highest BCUT2D eigenvalue weighted by Gasteiger charge is 2.21. The standard InChI is InChI=1S/C45H31NOS/c1-29(46-44-38-21-10-11-22-40(38)48-41(44)27-30-13-4-2-5-14-30)35-24-25-37(34-19-12-18-33(28-34)31-15-6-3-7-16-31)43-42-36-20-9-8-17-32(36)23-26-39(42)47-45(35)43/h2-26,28H,27H2,1H3. The molecule has 3 heteroatoms. The smallest absolute Gasteiger partial charge is 0.145 e. The Morgan fingerprint density at radius 1 is 0.604 bits per heavy atom. The second kappa shape index (κ2) is 11.8. The zero-order valence-electron chi connectivity index (χ0n) is 26.5. The van der Waals surface area contributed by atoms with Crippen LogP contribution in [-0.2, 0) is 6.42 Å². The van der Waals surface area contributed by atoms with E-state index in [9.17, 15) is 0 Å². The molecule has 0 saturated heterocycles. The Hall–Kier alpha value is -5.77. The van der Waals surface area contributed by atoms with Gasteiger partial charge in [-0.1, -0.05) is 133 Å². The quantitative estimate of drug-likeness (QED) is 0.167. The molecule has 2 nitrogen and oxygen atoms in total. The summed E-state index contributed by atoms with van der Waals surface area (Å²) >= 11 is 1.83. The van der Waals surface area contributed by atoms with Crippen molar-refractivity contribution in [1.29, 1.82) is 0 Å². The minimum atomic E-state index is 0.842. The van der Waals surface area contributed by atoms with Crippen LogP contribution in [0.3, 0.4) is 0 Å². The number of benzene rings is 7. The molecule has 0 amide bonds. The van der Waals surface area contributed by atoms with Crippen molar-refractivity contribution < 1.29 is 4.42 Å². The second-order valence-electron chi connectivity index (χ2n) is 12.3. The van der Waals surface area contributed by atoms with Crippen LogP contribution in [-0.4, -0.2) is 5.71 Å². The van der Waals surface area contributed by atoms with Gasteiger partial charge < -0.3 is 4.42 Å². The van der Waals surface area contributed by atoms with Crippen LogP contribution in [0, 0.1) is 0 Å². The van der Waals surface area contributed by atoms with Crippen molar-refractivity contribution in [3.63, 3.8) is 0 Å². The highest BCUT2D eigenvalue weighted by Crippen LogP contribution is 2.44. The van der Waals surface area contributed by atoms with Crippen LogP contribution < -0.4 is 0 Å². The van der Waals surface area contributed by atoms with Crippen LogP contribution >= 0.6 is 11.3 Å². The van der Waals surface area contributed by atoms with E-state index in [1.807, 2.05) is 11.3 Å². The molecule has 9 aromatic rings. The summed E-state index contributed by atoms with van der Waals surface area (Å²) in [5.74, 6) is 0. The lowest BCUT2D eigenvalue weighted by atomic mass is 9.92. The molecule has 0 N–H and O–H groups in total. The summed E-state index contributed by atoms with van der Waals surface area (Å²) in [7, 11) is 0. The molecule has 0 saturated carbocycles. The van der Waals surface area contributed by atoms with Crippen LogP contribution in [0.4, 0.5) is 5.69 Å². The Morgan fingerprint density at radius 2 is 1.31 bits per heavy atom. The fourth-order valence-corrected chi connectivity index (χ4v) is 8.18. The molecule has 0 aliphatic heterocycles. The number of rotatable bonds is 6. The number of aliphatic imine (C=N–C) groups is 1. The predicted molar refractivity (Wildman–Crippen MR) is 205 cm³/mol. The second-order valence-corrected chi connectivity index (χ2v) is 13.4. The Balaban J connectivity index is 1.28. The first-order valence-electron chi connectivity index (χ1n) is 16.3. The molecule has 0 atom stereocenters. The van der Waals surface area contributed by atoms with Gasteiger partial charge in [-0.2, -0.15) is 0 Å². The highest BCUT2D eigenvalue weighted by molar-refractivity contribution is 7.19. The van der Waals surface area contributed by atoms with Crippen LogP contribution in [0.2, 0.25) is 0 Å². The third kappa shape index (κ3) is 4.92. The van der Waals surface area contributed by atoms with E-state index in [1.165, 1.54) is 42.4 Å². The maximum absolute atomic E-state index is 6.84. The summed E-state index contributed by atoms with van der Waals surface area (Å²) in [6, 6.07) is 56.0. The van der Waals surface area contributed by atoms with Crippen LogP contribution in [0.15, 0.2) is 167 Å². The molecule has 0 aliphatic carbocycles. The molecular formula is C45H31NOS. The van der Waals surface area contributed by atoms with Gasteiger partial charge in [0.15, 0.2) is 0 Å². The van der Waals surface area contributed by atoms with E-state index in [2.05, 4.69) is 165 Å². The number of fused-ring (bicyclic) bond motifs is 6. The summed E-state index contributed by atoms with van der Waals surface area (Å²) < 4.78 is 8.10. The van der Waals surface area contributed by atoms with Crippen LogP contribution in [0.5, 0.6) is 0 Å². The predicted octanol–water partition coefficient (Wildman–Crippen LogP) is 13.0. The first-order valence-corrected chi connectivity index (χ1v) is 17.2. The monoisotopic (exact) mass is 633 g/mol. The third-order valence-corrected chi connectivity index (χ3v) is 10.5. The summed E-state index contributed by atoms with van der Waals surface area (Å²) in [6.45, 7) is 2.12. The topological polar surface area (TPSA) is 25.5 Å². The molecule has 48 heavy (non-hydrogen) atoms. The van der Waals surface area contributed by atoms with Gasteiger partial charge >= 0.3 is 0 Å². The Morgan fingerprint density at radius 3 is 2.17 bits per heavy atom. The molecule has 0 fully saturated rings. The number of hydrogen-bond donors (Lipinski definition) is 0. The van der Waals surface area contributed by atoms with Gasteiger partial charge in [0.2, 0.25) is 0 Å². The molecule has 7 aromatic carbocycles. The zero-order valence-corrected chi connectivity index (χ0v) is 27.3. The van der Waals surface area contributed by atoms with E-state index in [0.29, 0.717) is 0 Å². The van der Waals surface area contributed by atoms with Crippen molar-refractivity contribution in [3.8, 4) is 22.3 Å². The minimum Gasteiger partial charge on any atom is -0.455 e. The summed E-state index contributed by atoms with van der Waals surface area (Å²) in [5, 5.41) is 5.84. The first kappa shape index (κ1) is 28.5. The number of nitrogens with zero attached hydrogens (tertiary/aromatic N) is 1. The molecule has 0 spiro atoms. The molecule has 0 radical (unpaired) electrons. The van der Waals surface area contributed by atoms with E-state index < -0.39 is 0 Å². The Bertz CT molecular complexity index is 2640. The van der Waals surface area contributed by atoms with E-state index in [1.54, 1.807) is 0 Å². The molecular weight excluding hydrogens is 603 g/mol. The molecule has 2 heterocycles. The normalized spacial score (nSPS) is 12.1. The third-order valence-electron chi connectivity index (χ3n) is 9.31. The van der Waals surface area contributed by atoms with Gasteiger partial charge in [-0.05, 0) is 69.8 Å². The van der Waals surface area contributed by atoms with E-state index in [0.717, 1.165) is 56.4 Å². The minimum absolute atomic E-state index is 0.842. The number of hydrogen-bond acceptors (Lipinski definition) is 3. The number of thiophene rings is 1. The summed E-state index contributed by atoms with van der Waals surface area (Å²) in [4.78, 5) is 6.69. The van der Waals surface area contributed by atoms with Gasteiger partial charge in [-0.25, -0.2) is 0 Å². The Labute approximate surface area is 283 Å². The van der Waals surface area contributed by atoms with Crippen molar-refractivity contribution >= 4 is 65.5 Å². The van der Waals surface area contributed by atoms with Crippen molar-refractivity contribution in [1.82, 2.24) is 0 Å². The maximum atomic E-state index is 6.84. The van der Waals surface area contributed by atoms with Crippen molar-refractivity contribution in [3.05, 3.63) is 174 Å². The van der Waals surface area contributed by atoms with Gasteiger partial charge in [-0.3, -0.25) is 4.99 Å². The van der Waals surface area contributed by atoms with Gasteiger partial charge in [0, 0.05) is 43.4 Å². The average molecular weight is 634 g/mol.